The molecule has 9 heteroatoms. The second kappa shape index (κ2) is 10.1. The molecule has 8 nitrogen and oxygen atoms in total. The minimum atomic E-state index is -0.397. The van der Waals surface area contributed by atoms with E-state index in [4.69, 9.17) is 16.5 Å². The number of ether oxygens (including phenoxy) is 1. The van der Waals surface area contributed by atoms with E-state index in [1.807, 2.05) is 27.7 Å². The fourth-order valence-electron chi connectivity index (χ4n) is 4.01. The minimum Gasteiger partial charge on any atom is -0.507 e. The Morgan fingerprint density at radius 3 is 2.54 bits per heavy atom. The molecular formula is C26H31ClN4O4. The van der Waals surface area contributed by atoms with Gasteiger partial charge in [-0.3, -0.25) is 9.59 Å². The van der Waals surface area contributed by atoms with E-state index >= 15 is 0 Å². The maximum absolute atomic E-state index is 13.4. The number of halogens is 1. The van der Waals surface area contributed by atoms with Crippen molar-refractivity contribution in [2.75, 3.05) is 20.2 Å². The number of phenols is 1. The van der Waals surface area contributed by atoms with Crippen LogP contribution in [0.2, 0.25) is 0 Å². The van der Waals surface area contributed by atoms with Crippen LogP contribution in [-0.2, 0) is 12.0 Å². The lowest BCUT2D eigenvalue weighted by Gasteiger charge is -2.24. The van der Waals surface area contributed by atoms with Crippen LogP contribution in [0.1, 0.15) is 77.8 Å². The van der Waals surface area contributed by atoms with Gasteiger partial charge in [-0.2, -0.15) is 4.51 Å². The van der Waals surface area contributed by atoms with Gasteiger partial charge in [0, 0.05) is 47.6 Å². The van der Waals surface area contributed by atoms with Crippen LogP contribution >= 0.6 is 11.8 Å². The number of Topliss-reactive ketones (excluding diaryl/α,β-unsaturated/α-hetero) is 1. The summed E-state index contributed by atoms with van der Waals surface area (Å²) >= 11 is 5.92. The summed E-state index contributed by atoms with van der Waals surface area (Å²) in [4.78, 5) is 31.9. The number of nitrogens with one attached hydrogen (secondary N) is 1. The Balaban J connectivity index is 1.99. The highest BCUT2D eigenvalue weighted by Crippen LogP contribution is 2.37. The Bertz CT molecular complexity index is 1230. The Labute approximate surface area is 210 Å². The van der Waals surface area contributed by atoms with Gasteiger partial charge in [-0.05, 0) is 43.0 Å². The first-order valence-electron chi connectivity index (χ1n) is 11.3. The van der Waals surface area contributed by atoms with Gasteiger partial charge in [0.2, 0.25) is 0 Å². The molecule has 0 saturated carbocycles. The topological polar surface area (TPSA) is 104 Å². The molecule has 1 aromatic carbocycles. The molecule has 2 heterocycles. The summed E-state index contributed by atoms with van der Waals surface area (Å²) in [5.74, 6) is 0.212. The van der Waals surface area contributed by atoms with Gasteiger partial charge in [-0.25, -0.2) is 4.98 Å². The normalized spacial score (nSPS) is 14.1. The van der Waals surface area contributed by atoms with Gasteiger partial charge in [-0.1, -0.05) is 27.4 Å². The maximum atomic E-state index is 13.4. The number of allylic oxidation sites excluding steroid dienone is 1. The highest BCUT2D eigenvalue weighted by molar-refractivity contribution is 6.23. The number of phenolic OH excluding ortho intramolecular Hbond substituents is 1. The van der Waals surface area contributed by atoms with E-state index in [2.05, 4.69) is 21.4 Å². The number of carbonyl (C=O) groups is 2. The number of nitrogens with zero attached hydrogens (tertiary/aromatic N) is 3. The molecule has 0 radical (unpaired) electrons. The molecule has 0 fully saturated rings. The SMILES string of the molecule is C=C(C)c1cc(C(=O)CN2Cc3cc(OCC)c(C(=O)NC)nc3C2=NCl)cc(C(C)(C)C)c1O. The van der Waals surface area contributed by atoms with Crippen LogP contribution < -0.4 is 10.1 Å². The second-order valence-corrected chi connectivity index (χ2v) is 9.66. The molecule has 3 rings (SSSR count). The molecule has 2 N–H and O–H groups in total. The van der Waals surface area contributed by atoms with Crippen molar-refractivity contribution in [1.82, 2.24) is 15.2 Å². The molecule has 1 amide bonds. The van der Waals surface area contributed by atoms with Gasteiger partial charge in [0.15, 0.2) is 23.1 Å². The smallest absolute Gasteiger partial charge is 0.273 e. The quantitative estimate of drug-likeness (QED) is 0.545. The zero-order valence-corrected chi connectivity index (χ0v) is 21.7. The van der Waals surface area contributed by atoms with E-state index in [-0.39, 0.29) is 29.2 Å². The molecule has 1 aliphatic heterocycles. The fraction of sp³-hybridized carbons (Fsp3) is 0.385. The summed E-state index contributed by atoms with van der Waals surface area (Å²) in [6.45, 7) is 14.1. The van der Waals surface area contributed by atoms with Crippen LogP contribution in [0, 0.1) is 0 Å². The molecule has 0 spiro atoms. The third-order valence-electron chi connectivity index (χ3n) is 5.80. The predicted molar refractivity (Wildman–Crippen MR) is 137 cm³/mol. The van der Waals surface area contributed by atoms with Gasteiger partial charge in [0.1, 0.15) is 11.4 Å². The Morgan fingerprint density at radius 1 is 1.31 bits per heavy atom. The van der Waals surface area contributed by atoms with Crippen molar-refractivity contribution in [3.63, 3.8) is 0 Å². The summed E-state index contributed by atoms with van der Waals surface area (Å²) in [5.41, 5.74) is 3.23. The second-order valence-electron chi connectivity index (χ2n) is 9.49. The molecule has 0 unspecified atom stereocenters. The third-order valence-corrected chi connectivity index (χ3v) is 5.96. The summed E-state index contributed by atoms with van der Waals surface area (Å²) in [6.07, 6.45) is 0. The monoisotopic (exact) mass is 498 g/mol. The summed E-state index contributed by atoms with van der Waals surface area (Å²) in [6, 6.07) is 5.12. The van der Waals surface area contributed by atoms with Gasteiger partial charge < -0.3 is 20.1 Å². The van der Waals surface area contributed by atoms with Crippen LogP contribution in [0.5, 0.6) is 11.5 Å². The van der Waals surface area contributed by atoms with Gasteiger partial charge in [0.05, 0.1) is 13.2 Å². The van der Waals surface area contributed by atoms with Gasteiger partial charge >= 0.3 is 0 Å². The largest absolute Gasteiger partial charge is 0.507 e. The van der Waals surface area contributed by atoms with Crippen LogP contribution in [0.4, 0.5) is 0 Å². The summed E-state index contributed by atoms with van der Waals surface area (Å²) < 4.78 is 9.47. The number of fused-ring (bicyclic) bond motifs is 1. The van der Waals surface area contributed by atoms with Crippen molar-refractivity contribution in [2.24, 2.45) is 4.51 Å². The lowest BCUT2D eigenvalue weighted by atomic mass is 9.82. The van der Waals surface area contributed by atoms with Crippen molar-refractivity contribution in [1.29, 1.82) is 0 Å². The molecule has 0 aliphatic carbocycles. The molecule has 35 heavy (non-hydrogen) atoms. The number of hydrogen-bond donors (Lipinski definition) is 2. The standard InChI is InChI=1S/C26H31ClN4O4/c1-8-35-20-11-16-12-31(24(30-27)21(16)29-22(20)25(34)28-7)13-19(32)15-9-17(14(2)3)23(33)18(10-15)26(4,5)6/h9-11,33H,2,8,12-13H2,1,3-7H3,(H,28,34). The first-order chi connectivity index (χ1) is 16.4. The van der Waals surface area contributed by atoms with E-state index in [9.17, 15) is 14.7 Å². The highest BCUT2D eigenvalue weighted by atomic mass is 35.5. The molecule has 1 aromatic heterocycles. The molecule has 0 atom stereocenters. The maximum Gasteiger partial charge on any atom is 0.273 e. The van der Waals surface area contributed by atoms with Gasteiger partial charge in [0.25, 0.3) is 5.91 Å². The average Bonchev–Trinajstić information content (AvgIpc) is 3.12. The molecule has 2 aromatic rings. The van der Waals surface area contributed by atoms with Crippen LogP contribution in [0.25, 0.3) is 5.57 Å². The highest BCUT2D eigenvalue weighted by Gasteiger charge is 2.32. The number of amidine groups is 1. The number of amides is 1. The zero-order valence-electron chi connectivity index (χ0n) is 21.0. The van der Waals surface area contributed by atoms with Crippen LogP contribution in [-0.4, -0.2) is 52.7 Å². The molecular weight excluding hydrogens is 468 g/mol. The average molecular weight is 499 g/mol. The summed E-state index contributed by atoms with van der Waals surface area (Å²) in [5, 5.41) is 13.3. The van der Waals surface area contributed by atoms with E-state index in [1.165, 1.54) is 7.05 Å². The minimum absolute atomic E-state index is 0.0226. The number of aromatic hydroxyl groups is 1. The zero-order chi connectivity index (χ0) is 26.1. The number of aromatic nitrogens is 1. The lowest BCUT2D eigenvalue weighted by molar-refractivity contribution is 0.0949. The van der Waals surface area contributed by atoms with E-state index < -0.39 is 5.91 Å². The first kappa shape index (κ1) is 26.2. The van der Waals surface area contributed by atoms with Crippen molar-refractivity contribution in [3.8, 4) is 11.5 Å². The Kier molecular flexibility index (Phi) is 7.55. The molecule has 186 valence electrons. The summed E-state index contributed by atoms with van der Waals surface area (Å²) in [7, 11) is 1.51. The number of hydrogen-bond acceptors (Lipinski definition) is 6. The lowest BCUT2D eigenvalue weighted by Crippen LogP contribution is -2.31. The van der Waals surface area contributed by atoms with E-state index in [1.54, 1.807) is 30.0 Å². The van der Waals surface area contributed by atoms with Crippen molar-refractivity contribution in [2.45, 2.75) is 46.6 Å². The third kappa shape index (κ3) is 5.17. The van der Waals surface area contributed by atoms with Crippen molar-refractivity contribution in [3.05, 3.63) is 58.4 Å². The predicted octanol–water partition coefficient (Wildman–Crippen LogP) is 4.48. The Hall–Kier alpha value is -3.39. The fourth-order valence-corrected chi connectivity index (χ4v) is 4.19. The molecule has 0 saturated heterocycles. The molecule has 0 bridgehead atoms. The first-order valence-corrected chi connectivity index (χ1v) is 11.7. The number of pyridine rings is 1. The Morgan fingerprint density at radius 2 is 2.00 bits per heavy atom. The number of rotatable bonds is 7. The van der Waals surface area contributed by atoms with Crippen LogP contribution in [0.15, 0.2) is 29.3 Å². The van der Waals surface area contributed by atoms with E-state index in [0.29, 0.717) is 52.7 Å². The number of carbonyl (C=O) groups excluding carboxylic acids is 2. The van der Waals surface area contributed by atoms with Crippen LogP contribution in [0.3, 0.4) is 0 Å². The van der Waals surface area contributed by atoms with E-state index in [0.717, 1.165) is 5.56 Å². The number of ketones is 1. The number of benzene rings is 1. The van der Waals surface area contributed by atoms with Crippen molar-refractivity contribution >= 4 is 34.9 Å². The molecule has 1 aliphatic rings. The van der Waals surface area contributed by atoms with Crippen molar-refractivity contribution < 1.29 is 19.4 Å². The van der Waals surface area contributed by atoms with Gasteiger partial charge in [-0.15, -0.1) is 0 Å².